The van der Waals surface area contributed by atoms with E-state index in [9.17, 15) is 0 Å². The van der Waals surface area contributed by atoms with Gasteiger partial charge in [-0.3, -0.25) is 5.84 Å². The smallest absolute Gasteiger partial charge is 0.139 e. The highest BCUT2D eigenvalue weighted by Crippen LogP contribution is 2.33. The Morgan fingerprint density at radius 1 is 1.36 bits per heavy atom. The number of anilines is 1. The molecule has 78 valence electrons. The summed E-state index contributed by atoms with van der Waals surface area (Å²) in [4.78, 5) is 0. The molecule has 0 heterocycles. The molecule has 0 radical (unpaired) electrons. The number of rotatable bonds is 4. The Morgan fingerprint density at radius 2 is 2.07 bits per heavy atom. The number of hydrogen-bond acceptors (Lipinski definition) is 4. The average Bonchev–Trinajstić information content (AvgIpc) is 2.18. The van der Waals surface area contributed by atoms with Crippen molar-refractivity contribution in [2.24, 2.45) is 5.84 Å². The van der Waals surface area contributed by atoms with Crippen molar-refractivity contribution in [1.29, 1.82) is 0 Å². The van der Waals surface area contributed by atoms with E-state index in [1.165, 1.54) is 7.11 Å². The molecule has 0 saturated carbocycles. The molecule has 0 fully saturated rings. The number of hydrazine groups is 1. The molecule has 0 aliphatic heterocycles. The van der Waals surface area contributed by atoms with Gasteiger partial charge in [0.15, 0.2) is 0 Å². The summed E-state index contributed by atoms with van der Waals surface area (Å²) in [7, 11) is 1.53. The summed E-state index contributed by atoms with van der Waals surface area (Å²) in [5, 5.41) is 3.97. The van der Waals surface area contributed by atoms with E-state index in [4.69, 9.17) is 33.8 Å². The summed E-state index contributed by atoms with van der Waals surface area (Å²) in [5.74, 6) is 5.65. The quantitative estimate of drug-likeness (QED) is 0.424. The normalized spacial score (nSPS) is 10.0. The second-order valence-corrected chi connectivity index (χ2v) is 3.34. The first kappa shape index (κ1) is 11.4. The molecule has 0 atom stereocenters. The standard InChI is InChI=1S/C8H11Cl2N3O/c1-14-8-3-5(9)7(2-6(8)10)12-4-13-11/h2-3,12-13H,4,11H2,1H3. The van der Waals surface area contributed by atoms with Gasteiger partial charge in [-0.2, -0.15) is 0 Å². The van der Waals surface area contributed by atoms with E-state index in [-0.39, 0.29) is 0 Å². The van der Waals surface area contributed by atoms with Crippen LogP contribution in [0.1, 0.15) is 0 Å². The fourth-order valence-corrected chi connectivity index (χ4v) is 1.43. The molecule has 0 unspecified atom stereocenters. The molecule has 0 aliphatic rings. The molecule has 0 aliphatic carbocycles. The maximum absolute atomic E-state index is 5.95. The highest BCUT2D eigenvalue weighted by molar-refractivity contribution is 6.36. The van der Waals surface area contributed by atoms with Gasteiger partial charge in [0.1, 0.15) is 5.75 Å². The number of hydrogen-bond donors (Lipinski definition) is 3. The lowest BCUT2D eigenvalue weighted by Gasteiger charge is -2.10. The van der Waals surface area contributed by atoms with Crippen LogP contribution >= 0.6 is 23.2 Å². The van der Waals surface area contributed by atoms with Crippen LogP contribution in [0.5, 0.6) is 5.75 Å². The van der Waals surface area contributed by atoms with Gasteiger partial charge in [-0.25, -0.2) is 5.43 Å². The third-order valence-electron chi connectivity index (χ3n) is 1.62. The van der Waals surface area contributed by atoms with E-state index in [0.717, 1.165) is 0 Å². The zero-order chi connectivity index (χ0) is 10.6. The average molecular weight is 236 g/mol. The predicted octanol–water partition coefficient (Wildman–Crippen LogP) is 1.83. The van der Waals surface area contributed by atoms with Crippen LogP contribution in [0.25, 0.3) is 0 Å². The van der Waals surface area contributed by atoms with Crippen LogP contribution in [0.3, 0.4) is 0 Å². The van der Waals surface area contributed by atoms with Crippen molar-refractivity contribution in [3.8, 4) is 5.75 Å². The minimum Gasteiger partial charge on any atom is -0.495 e. The van der Waals surface area contributed by atoms with Crippen molar-refractivity contribution in [1.82, 2.24) is 5.43 Å². The Kier molecular flexibility index (Phi) is 4.28. The molecule has 6 heteroatoms. The lowest BCUT2D eigenvalue weighted by molar-refractivity contribution is 0.415. The van der Waals surface area contributed by atoms with E-state index in [1.807, 2.05) is 0 Å². The van der Waals surface area contributed by atoms with Gasteiger partial charge in [-0.1, -0.05) is 23.2 Å². The third-order valence-corrected chi connectivity index (χ3v) is 2.23. The fourth-order valence-electron chi connectivity index (χ4n) is 0.967. The topological polar surface area (TPSA) is 59.3 Å². The van der Waals surface area contributed by atoms with E-state index >= 15 is 0 Å². The van der Waals surface area contributed by atoms with Gasteiger partial charge >= 0.3 is 0 Å². The lowest BCUT2D eigenvalue weighted by Crippen LogP contribution is -2.28. The summed E-state index contributed by atoms with van der Waals surface area (Å²) in [6, 6.07) is 3.32. The first-order chi connectivity index (χ1) is 6.69. The number of ether oxygens (including phenoxy) is 1. The molecule has 0 aromatic heterocycles. The summed E-state index contributed by atoms with van der Waals surface area (Å²) >= 11 is 11.9. The molecule has 0 amide bonds. The van der Waals surface area contributed by atoms with Crippen LogP contribution in [-0.4, -0.2) is 13.8 Å². The second kappa shape index (κ2) is 5.26. The summed E-state index contributed by atoms with van der Waals surface area (Å²) in [6.07, 6.45) is 0. The van der Waals surface area contributed by atoms with Crippen molar-refractivity contribution in [2.45, 2.75) is 0 Å². The lowest BCUT2D eigenvalue weighted by atomic mass is 10.3. The van der Waals surface area contributed by atoms with Gasteiger partial charge in [0.25, 0.3) is 0 Å². The van der Waals surface area contributed by atoms with Gasteiger partial charge in [0.05, 0.1) is 29.5 Å². The minimum absolute atomic E-state index is 0.405. The summed E-state index contributed by atoms with van der Waals surface area (Å²) < 4.78 is 5.00. The second-order valence-electron chi connectivity index (χ2n) is 2.52. The number of benzene rings is 1. The van der Waals surface area contributed by atoms with Crippen LogP contribution < -0.4 is 21.3 Å². The van der Waals surface area contributed by atoms with Crippen molar-refractivity contribution in [2.75, 3.05) is 19.1 Å². The van der Waals surface area contributed by atoms with Crippen molar-refractivity contribution < 1.29 is 4.74 Å². The first-order valence-electron chi connectivity index (χ1n) is 3.89. The van der Waals surface area contributed by atoms with E-state index in [2.05, 4.69) is 10.7 Å². The summed E-state index contributed by atoms with van der Waals surface area (Å²) in [6.45, 7) is 0.405. The zero-order valence-electron chi connectivity index (χ0n) is 7.60. The molecule has 1 aromatic carbocycles. The molecular weight excluding hydrogens is 225 g/mol. The van der Waals surface area contributed by atoms with Gasteiger partial charge in [0.2, 0.25) is 0 Å². The SMILES string of the molecule is COc1cc(Cl)c(NCNN)cc1Cl. The maximum Gasteiger partial charge on any atom is 0.139 e. The number of nitrogens with two attached hydrogens (primary N) is 1. The molecule has 0 saturated heterocycles. The van der Waals surface area contributed by atoms with Crippen LogP contribution in [0, 0.1) is 0 Å². The monoisotopic (exact) mass is 235 g/mol. The van der Waals surface area contributed by atoms with Crippen LogP contribution in [-0.2, 0) is 0 Å². The zero-order valence-corrected chi connectivity index (χ0v) is 9.12. The van der Waals surface area contributed by atoms with E-state index < -0.39 is 0 Å². The van der Waals surface area contributed by atoms with Crippen LogP contribution in [0.15, 0.2) is 12.1 Å². The molecule has 0 bridgehead atoms. The maximum atomic E-state index is 5.95. The molecule has 4 nitrogen and oxygen atoms in total. The highest BCUT2D eigenvalue weighted by atomic mass is 35.5. The van der Waals surface area contributed by atoms with Crippen LogP contribution in [0.4, 0.5) is 5.69 Å². The van der Waals surface area contributed by atoms with Gasteiger partial charge in [-0.05, 0) is 6.07 Å². The Morgan fingerprint density at radius 3 is 2.64 bits per heavy atom. The van der Waals surface area contributed by atoms with Gasteiger partial charge in [0, 0.05) is 6.07 Å². The van der Waals surface area contributed by atoms with Crippen LogP contribution in [0.2, 0.25) is 10.0 Å². The number of halogens is 2. The Hall–Kier alpha value is -0.680. The van der Waals surface area contributed by atoms with Crippen molar-refractivity contribution >= 4 is 28.9 Å². The number of nitrogens with one attached hydrogen (secondary N) is 2. The van der Waals surface area contributed by atoms with Crippen molar-refractivity contribution in [3.05, 3.63) is 22.2 Å². The third kappa shape index (κ3) is 2.65. The van der Waals surface area contributed by atoms with E-state index in [0.29, 0.717) is 28.2 Å². The molecule has 1 rings (SSSR count). The molecule has 0 spiro atoms. The Labute approximate surface area is 92.3 Å². The highest BCUT2D eigenvalue weighted by Gasteiger charge is 2.06. The molecular formula is C8H11Cl2N3O. The Balaban J connectivity index is 2.90. The van der Waals surface area contributed by atoms with Gasteiger partial charge in [-0.15, -0.1) is 0 Å². The van der Waals surface area contributed by atoms with Crippen molar-refractivity contribution in [3.63, 3.8) is 0 Å². The minimum atomic E-state index is 0.405. The summed E-state index contributed by atoms with van der Waals surface area (Å²) in [5.41, 5.74) is 3.15. The predicted molar refractivity (Wildman–Crippen MR) is 58.8 cm³/mol. The fraction of sp³-hybridized carbons (Fsp3) is 0.250. The largest absolute Gasteiger partial charge is 0.495 e. The number of methoxy groups -OCH3 is 1. The molecule has 4 N–H and O–H groups in total. The van der Waals surface area contributed by atoms with E-state index in [1.54, 1.807) is 12.1 Å². The first-order valence-corrected chi connectivity index (χ1v) is 4.65. The molecule has 14 heavy (non-hydrogen) atoms. The molecule has 1 aromatic rings. The van der Waals surface area contributed by atoms with Gasteiger partial charge < -0.3 is 10.1 Å². The Bertz CT molecular complexity index is 320.